The summed E-state index contributed by atoms with van der Waals surface area (Å²) in [6.07, 6.45) is 2.92. The molecule has 52 heavy (non-hydrogen) atoms. The highest BCUT2D eigenvalue weighted by molar-refractivity contribution is 6.31. The van der Waals surface area contributed by atoms with Crippen LogP contribution in [0, 0.1) is 22.9 Å². The lowest BCUT2D eigenvalue weighted by Crippen LogP contribution is -2.13. The number of non-ortho nitro benzene ring substituents is 1. The summed E-state index contributed by atoms with van der Waals surface area (Å²) in [5.41, 5.74) is 6.23. The van der Waals surface area contributed by atoms with Crippen LogP contribution in [-0.2, 0) is 20.9 Å². The Bertz CT molecular complexity index is 2270. The first-order valence-corrected chi connectivity index (χ1v) is 15.8. The minimum absolute atomic E-state index is 0.00724. The molecule has 3 heterocycles. The van der Waals surface area contributed by atoms with Crippen LogP contribution in [0.4, 0.5) is 15.8 Å². The van der Waals surface area contributed by atoms with Gasteiger partial charge in [0.2, 0.25) is 5.91 Å². The van der Waals surface area contributed by atoms with E-state index in [1.807, 2.05) is 72.3 Å². The molecule has 0 saturated heterocycles. The van der Waals surface area contributed by atoms with E-state index in [0.29, 0.717) is 52.0 Å². The number of aliphatic carboxylic acids is 2. The lowest BCUT2D eigenvalue weighted by atomic mass is 10.00. The van der Waals surface area contributed by atoms with Gasteiger partial charge in [-0.15, -0.1) is 0 Å². The van der Waals surface area contributed by atoms with Crippen molar-refractivity contribution in [2.45, 2.75) is 13.5 Å². The number of carbonyl (C=O) groups is 3. The number of imidazole rings is 1. The average molecular weight is 723 g/mol. The third-order valence-electron chi connectivity index (χ3n) is 7.53. The second-order valence-corrected chi connectivity index (χ2v) is 11.5. The number of halogens is 2. The number of hydrogen-bond donors (Lipinski definition) is 3. The third kappa shape index (κ3) is 8.67. The number of carboxylic acids is 2. The van der Waals surface area contributed by atoms with Gasteiger partial charge in [-0.05, 0) is 43.3 Å². The molecule has 0 spiro atoms. The van der Waals surface area contributed by atoms with E-state index >= 15 is 0 Å². The molecule has 3 N–H and O–H groups in total. The van der Waals surface area contributed by atoms with Crippen molar-refractivity contribution in [1.29, 1.82) is 0 Å². The van der Waals surface area contributed by atoms with Crippen molar-refractivity contribution < 1.29 is 33.9 Å². The molecular weight excluding hydrogens is 695 g/mol. The molecule has 15 heteroatoms. The van der Waals surface area contributed by atoms with Gasteiger partial charge in [0.05, 0.1) is 46.2 Å². The number of nitro benzene ring substituents is 1. The number of carboxylic acid groups (broad SMARTS) is 2. The summed E-state index contributed by atoms with van der Waals surface area (Å²) in [6, 6.07) is 25.9. The number of fused-ring (bicyclic) bond motifs is 4. The number of nitrogens with zero attached hydrogens (tertiary/aromatic N) is 5. The van der Waals surface area contributed by atoms with Gasteiger partial charge in [0.25, 0.3) is 5.69 Å². The van der Waals surface area contributed by atoms with Crippen LogP contribution in [0.5, 0.6) is 0 Å². The van der Waals surface area contributed by atoms with Crippen LogP contribution in [-0.4, -0.2) is 60.5 Å². The zero-order chi connectivity index (χ0) is 37.4. The number of benzene rings is 4. The van der Waals surface area contributed by atoms with Gasteiger partial charge in [-0.2, -0.15) is 0 Å². The molecule has 7 rings (SSSR count). The van der Waals surface area contributed by atoms with Gasteiger partial charge >= 0.3 is 11.9 Å². The molecule has 5 aromatic rings. The monoisotopic (exact) mass is 722 g/mol. The molecule has 262 valence electrons. The number of aryl methyl sites for hydroxylation is 1. The van der Waals surface area contributed by atoms with Gasteiger partial charge in [0.15, 0.2) is 0 Å². The van der Waals surface area contributed by atoms with Crippen LogP contribution >= 0.6 is 11.6 Å². The third-order valence-corrected chi connectivity index (χ3v) is 7.77. The lowest BCUT2D eigenvalue weighted by Gasteiger charge is -2.14. The summed E-state index contributed by atoms with van der Waals surface area (Å²) in [4.78, 5) is 54.6. The van der Waals surface area contributed by atoms with E-state index in [-0.39, 0.29) is 24.0 Å². The summed E-state index contributed by atoms with van der Waals surface area (Å²) in [6.45, 7) is 2.37. The Kier molecular flexibility index (Phi) is 11.4. The molecule has 2 aliphatic rings. The minimum atomic E-state index is -1.26. The fourth-order valence-electron chi connectivity index (χ4n) is 5.32. The number of hydrogen-bond acceptors (Lipinski definition) is 8. The summed E-state index contributed by atoms with van der Waals surface area (Å²) < 4.78 is 16.3. The van der Waals surface area contributed by atoms with Crippen LogP contribution in [0.1, 0.15) is 33.8 Å². The van der Waals surface area contributed by atoms with E-state index in [0.717, 1.165) is 28.3 Å². The van der Waals surface area contributed by atoms with Gasteiger partial charge in [-0.25, -0.2) is 19.0 Å². The molecular formula is C37H28ClFN6O7. The molecule has 0 aliphatic carbocycles. The number of nitrogens with one attached hydrogen (secondary N) is 1. The van der Waals surface area contributed by atoms with Gasteiger partial charge < -0.3 is 15.5 Å². The Morgan fingerprint density at radius 2 is 1.56 bits per heavy atom. The van der Waals surface area contributed by atoms with Crippen LogP contribution in [0.15, 0.2) is 119 Å². The summed E-state index contributed by atoms with van der Waals surface area (Å²) >= 11 is 6.19. The van der Waals surface area contributed by atoms with Crippen molar-refractivity contribution in [3.63, 3.8) is 0 Å². The number of aliphatic imine (C=N–C) groups is 2. The molecule has 0 fully saturated rings. The van der Waals surface area contributed by atoms with Crippen molar-refractivity contribution in [2.24, 2.45) is 9.98 Å². The maximum atomic E-state index is 14.3. The molecule has 0 saturated carbocycles. The van der Waals surface area contributed by atoms with E-state index in [1.54, 1.807) is 12.1 Å². The quantitative estimate of drug-likeness (QED) is 0.105. The number of aromatic nitrogens is 2. The number of benzodiazepines with no additional fused rings is 1. The van der Waals surface area contributed by atoms with E-state index < -0.39 is 16.9 Å². The van der Waals surface area contributed by atoms with Gasteiger partial charge in [0, 0.05) is 51.6 Å². The van der Waals surface area contributed by atoms with E-state index in [1.165, 1.54) is 24.3 Å². The normalized spacial score (nSPS) is 12.8. The van der Waals surface area contributed by atoms with Crippen LogP contribution in [0.3, 0.4) is 0 Å². The molecule has 0 radical (unpaired) electrons. The van der Waals surface area contributed by atoms with Gasteiger partial charge in [-0.1, -0.05) is 54.1 Å². The van der Waals surface area contributed by atoms with Crippen molar-refractivity contribution in [1.82, 2.24) is 9.55 Å². The first-order valence-electron chi connectivity index (χ1n) is 15.4. The fraction of sp³-hybridized carbons (Fsp3) is 0.0811. The highest BCUT2D eigenvalue weighted by Crippen LogP contribution is 2.30. The molecule has 4 aromatic carbocycles. The Hall–Kier alpha value is -6.80. The van der Waals surface area contributed by atoms with Crippen molar-refractivity contribution in [3.8, 4) is 5.69 Å². The summed E-state index contributed by atoms with van der Waals surface area (Å²) in [5, 5.41) is 29.9. The summed E-state index contributed by atoms with van der Waals surface area (Å²) in [5.74, 6) is -2.18. The second-order valence-electron chi connectivity index (χ2n) is 11.0. The largest absolute Gasteiger partial charge is 0.478 e. The first-order chi connectivity index (χ1) is 24.9. The predicted molar refractivity (Wildman–Crippen MR) is 192 cm³/mol. The standard InChI is InChI=1S/C18H13ClFN3.C15H11N3O3.C4H4O4/c1-11-21-9-13-10-22-18(14-4-2-3-5-16(14)20)15-8-12(19)6-7-17(15)23(11)13;19-14-9-16-15(10-4-2-1-3-5-10)12-8-11(18(20)21)6-7-13(12)17-14;5-3(6)1-2-4(7)8/h2-9H,10H2,1H3;1-8H,9H2,(H,17,19);1-2H,(H,5,6)(H,7,8)/b;;2-1-. The van der Waals surface area contributed by atoms with Gasteiger partial charge in [0.1, 0.15) is 18.2 Å². The maximum absolute atomic E-state index is 14.3. The smallest absolute Gasteiger partial charge is 0.328 e. The molecule has 13 nitrogen and oxygen atoms in total. The SMILES string of the molecule is Cc1ncc2n1-c1ccc(Cl)cc1C(c1ccccc1F)=NC2.O=C(O)/C=C\C(=O)O.O=C1CN=C(c2ccccc2)c2cc([N+](=O)[O-])ccc2N1. The highest BCUT2D eigenvalue weighted by Gasteiger charge is 2.23. The molecule has 0 bridgehead atoms. The Balaban J connectivity index is 0.000000168. The summed E-state index contributed by atoms with van der Waals surface area (Å²) in [7, 11) is 0. The number of rotatable bonds is 5. The highest BCUT2D eigenvalue weighted by atomic mass is 35.5. The number of amides is 1. The topological polar surface area (TPSA) is 189 Å². The average Bonchev–Trinajstić information content (AvgIpc) is 3.29. The molecule has 0 atom stereocenters. The van der Waals surface area contributed by atoms with Crippen molar-refractivity contribution in [3.05, 3.63) is 164 Å². The Morgan fingerprint density at radius 3 is 2.23 bits per heavy atom. The number of anilines is 1. The zero-order valence-corrected chi connectivity index (χ0v) is 28.0. The molecule has 1 aromatic heterocycles. The van der Waals surface area contributed by atoms with E-state index in [4.69, 9.17) is 21.8 Å². The van der Waals surface area contributed by atoms with Crippen molar-refractivity contribution in [2.75, 3.05) is 11.9 Å². The molecule has 2 aliphatic heterocycles. The number of carbonyl (C=O) groups excluding carboxylic acids is 1. The van der Waals surface area contributed by atoms with E-state index in [2.05, 4.69) is 20.3 Å². The minimum Gasteiger partial charge on any atom is -0.478 e. The fourth-order valence-corrected chi connectivity index (χ4v) is 5.49. The maximum Gasteiger partial charge on any atom is 0.328 e. The lowest BCUT2D eigenvalue weighted by molar-refractivity contribution is -0.384. The predicted octanol–water partition coefficient (Wildman–Crippen LogP) is 6.42. The zero-order valence-electron chi connectivity index (χ0n) is 27.2. The van der Waals surface area contributed by atoms with Crippen LogP contribution in [0.2, 0.25) is 5.02 Å². The van der Waals surface area contributed by atoms with Crippen LogP contribution < -0.4 is 5.32 Å². The number of nitro groups is 1. The second kappa shape index (κ2) is 16.3. The van der Waals surface area contributed by atoms with E-state index in [9.17, 15) is 28.9 Å². The molecule has 0 unspecified atom stereocenters. The Morgan fingerprint density at radius 1 is 0.885 bits per heavy atom. The molecule has 1 amide bonds. The Labute approximate surface area is 300 Å². The first kappa shape index (κ1) is 36.5. The van der Waals surface area contributed by atoms with Crippen molar-refractivity contribution >= 4 is 52.2 Å². The van der Waals surface area contributed by atoms with Gasteiger partial charge in [-0.3, -0.25) is 29.5 Å². The van der Waals surface area contributed by atoms with Crippen LogP contribution in [0.25, 0.3) is 5.69 Å².